The fourth-order valence-corrected chi connectivity index (χ4v) is 2.51. The zero-order valence-corrected chi connectivity index (χ0v) is 8.87. The Kier molecular flexibility index (Phi) is 2.93. The van der Waals surface area contributed by atoms with Crippen LogP contribution in [0.25, 0.3) is 0 Å². The number of benzene rings is 1. The van der Waals surface area contributed by atoms with E-state index in [0.29, 0.717) is 12.3 Å². The molecular formula is C12H18N2O. The van der Waals surface area contributed by atoms with Crippen molar-refractivity contribution in [3.05, 3.63) is 29.8 Å². The molecule has 0 bridgehead atoms. The lowest BCUT2D eigenvalue weighted by atomic mass is 9.84. The van der Waals surface area contributed by atoms with Gasteiger partial charge in [0.2, 0.25) is 0 Å². The van der Waals surface area contributed by atoms with Crippen molar-refractivity contribution in [2.24, 2.45) is 5.73 Å². The van der Waals surface area contributed by atoms with Crippen LogP contribution in [0.2, 0.25) is 0 Å². The van der Waals surface area contributed by atoms with Crippen molar-refractivity contribution >= 4 is 0 Å². The first-order valence-electron chi connectivity index (χ1n) is 5.52. The van der Waals surface area contributed by atoms with Crippen molar-refractivity contribution in [1.82, 2.24) is 5.32 Å². The van der Waals surface area contributed by atoms with Gasteiger partial charge in [-0.1, -0.05) is 18.2 Å². The summed E-state index contributed by atoms with van der Waals surface area (Å²) in [5, 5.41) is 13.4. The van der Waals surface area contributed by atoms with E-state index in [0.717, 1.165) is 31.4 Å². The highest BCUT2D eigenvalue weighted by Gasteiger charge is 2.36. The summed E-state index contributed by atoms with van der Waals surface area (Å²) in [6.45, 7) is 1.65. The maximum atomic E-state index is 9.88. The van der Waals surface area contributed by atoms with Gasteiger partial charge >= 0.3 is 0 Å². The summed E-state index contributed by atoms with van der Waals surface area (Å²) in [7, 11) is 0. The van der Waals surface area contributed by atoms with E-state index in [1.165, 1.54) is 0 Å². The smallest absolute Gasteiger partial charge is 0.120 e. The standard InChI is InChI=1S/C12H18N2O/c13-8-7-12(6-3-9-14-12)10-4-1-2-5-11(10)15/h1-2,4-5,14-15H,3,6-9,13H2. The Balaban J connectivity index is 2.36. The van der Waals surface area contributed by atoms with Crippen LogP contribution in [0.3, 0.4) is 0 Å². The Morgan fingerprint density at radius 2 is 2.20 bits per heavy atom. The van der Waals surface area contributed by atoms with Gasteiger partial charge in [-0.3, -0.25) is 0 Å². The highest BCUT2D eigenvalue weighted by Crippen LogP contribution is 2.38. The summed E-state index contributed by atoms with van der Waals surface area (Å²) in [4.78, 5) is 0. The minimum absolute atomic E-state index is 0.0971. The van der Waals surface area contributed by atoms with Crippen LogP contribution in [-0.4, -0.2) is 18.2 Å². The van der Waals surface area contributed by atoms with Gasteiger partial charge in [-0.05, 0) is 38.4 Å². The molecule has 1 aromatic carbocycles. The fourth-order valence-electron chi connectivity index (χ4n) is 2.51. The number of hydrogen-bond donors (Lipinski definition) is 3. The van der Waals surface area contributed by atoms with Gasteiger partial charge in [0, 0.05) is 11.1 Å². The number of rotatable bonds is 3. The molecule has 1 aliphatic rings. The number of phenolic OH excluding ortho intramolecular Hbond substituents is 1. The largest absolute Gasteiger partial charge is 0.508 e. The average molecular weight is 206 g/mol. The third-order valence-corrected chi connectivity index (χ3v) is 3.23. The van der Waals surface area contributed by atoms with Crippen LogP contribution in [0, 0.1) is 0 Å². The van der Waals surface area contributed by atoms with Gasteiger partial charge in [-0.15, -0.1) is 0 Å². The van der Waals surface area contributed by atoms with Crippen LogP contribution in [-0.2, 0) is 5.54 Å². The van der Waals surface area contributed by atoms with Crippen molar-refractivity contribution in [3.63, 3.8) is 0 Å². The molecule has 3 heteroatoms. The number of aromatic hydroxyl groups is 1. The Labute approximate surface area is 90.3 Å². The van der Waals surface area contributed by atoms with Crippen molar-refractivity contribution in [2.75, 3.05) is 13.1 Å². The molecular weight excluding hydrogens is 188 g/mol. The van der Waals surface area contributed by atoms with E-state index in [1.807, 2.05) is 18.2 Å². The van der Waals surface area contributed by atoms with E-state index in [9.17, 15) is 5.11 Å². The average Bonchev–Trinajstić information content (AvgIpc) is 2.69. The van der Waals surface area contributed by atoms with E-state index in [2.05, 4.69) is 5.32 Å². The summed E-state index contributed by atoms with van der Waals surface area (Å²) >= 11 is 0. The summed E-state index contributed by atoms with van der Waals surface area (Å²) in [5.41, 5.74) is 6.56. The van der Waals surface area contributed by atoms with Gasteiger partial charge in [0.1, 0.15) is 5.75 Å². The summed E-state index contributed by atoms with van der Waals surface area (Å²) < 4.78 is 0. The predicted octanol–water partition coefficient (Wildman–Crippen LogP) is 1.32. The Bertz CT molecular complexity index is 332. The fraction of sp³-hybridized carbons (Fsp3) is 0.500. The second-order valence-electron chi connectivity index (χ2n) is 4.17. The van der Waals surface area contributed by atoms with Crippen molar-refractivity contribution < 1.29 is 5.11 Å². The molecule has 15 heavy (non-hydrogen) atoms. The Morgan fingerprint density at radius 1 is 1.40 bits per heavy atom. The molecule has 0 aromatic heterocycles. The summed E-state index contributed by atoms with van der Waals surface area (Å²) in [5.74, 6) is 0.375. The van der Waals surface area contributed by atoms with Crippen molar-refractivity contribution in [2.45, 2.75) is 24.8 Å². The van der Waals surface area contributed by atoms with Crippen LogP contribution in [0.4, 0.5) is 0 Å². The molecule has 1 aromatic rings. The van der Waals surface area contributed by atoms with Crippen LogP contribution in [0.15, 0.2) is 24.3 Å². The highest BCUT2D eigenvalue weighted by atomic mass is 16.3. The number of nitrogens with two attached hydrogens (primary N) is 1. The zero-order chi connectivity index (χ0) is 10.7. The van der Waals surface area contributed by atoms with Crippen molar-refractivity contribution in [3.8, 4) is 5.75 Å². The second kappa shape index (κ2) is 4.21. The molecule has 0 spiro atoms. The first-order chi connectivity index (χ1) is 7.28. The van der Waals surface area contributed by atoms with Gasteiger partial charge in [0.05, 0.1) is 0 Å². The molecule has 3 nitrogen and oxygen atoms in total. The molecule has 1 saturated heterocycles. The van der Waals surface area contributed by atoms with Gasteiger partial charge < -0.3 is 16.2 Å². The molecule has 1 heterocycles. The van der Waals surface area contributed by atoms with Gasteiger partial charge in [0.25, 0.3) is 0 Å². The van der Waals surface area contributed by atoms with E-state index < -0.39 is 0 Å². The molecule has 0 saturated carbocycles. The van der Waals surface area contributed by atoms with E-state index >= 15 is 0 Å². The third kappa shape index (κ3) is 1.85. The highest BCUT2D eigenvalue weighted by molar-refractivity contribution is 5.38. The molecule has 1 aliphatic heterocycles. The van der Waals surface area contributed by atoms with Crippen LogP contribution >= 0.6 is 0 Å². The molecule has 1 fully saturated rings. The molecule has 2 rings (SSSR count). The molecule has 0 amide bonds. The number of phenols is 1. The minimum atomic E-state index is -0.0971. The molecule has 4 N–H and O–H groups in total. The molecule has 0 radical (unpaired) electrons. The molecule has 82 valence electrons. The van der Waals surface area contributed by atoms with Crippen LogP contribution < -0.4 is 11.1 Å². The number of hydrogen-bond acceptors (Lipinski definition) is 3. The van der Waals surface area contributed by atoms with Crippen molar-refractivity contribution in [1.29, 1.82) is 0 Å². The quantitative estimate of drug-likeness (QED) is 0.699. The lowest BCUT2D eigenvalue weighted by Crippen LogP contribution is -2.38. The molecule has 1 atom stereocenters. The first-order valence-corrected chi connectivity index (χ1v) is 5.52. The lowest BCUT2D eigenvalue weighted by Gasteiger charge is -2.30. The summed E-state index contributed by atoms with van der Waals surface area (Å²) in [6, 6.07) is 7.55. The van der Waals surface area contributed by atoms with E-state index in [-0.39, 0.29) is 5.54 Å². The summed E-state index contributed by atoms with van der Waals surface area (Å²) in [6.07, 6.45) is 3.08. The van der Waals surface area contributed by atoms with Gasteiger partial charge in [0.15, 0.2) is 0 Å². The predicted molar refractivity (Wildman–Crippen MR) is 60.7 cm³/mol. The normalized spacial score (nSPS) is 25.7. The Hall–Kier alpha value is -1.06. The SMILES string of the molecule is NCCC1(c2ccccc2O)CCCN1. The van der Waals surface area contributed by atoms with Crippen LogP contribution in [0.1, 0.15) is 24.8 Å². The maximum absolute atomic E-state index is 9.88. The topological polar surface area (TPSA) is 58.3 Å². The lowest BCUT2D eigenvalue weighted by molar-refractivity contribution is 0.345. The minimum Gasteiger partial charge on any atom is -0.508 e. The van der Waals surface area contributed by atoms with Gasteiger partial charge in [-0.2, -0.15) is 0 Å². The van der Waals surface area contributed by atoms with E-state index in [1.54, 1.807) is 6.07 Å². The maximum Gasteiger partial charge on any atom is 0.120 e. The zero-order valence-electron chi connectivity index (χ0n) is 8.87. The number of nitrogens with one attached hydrogen (secondary N) is 1. The van der Waals surface area contributed by atoms with E-state index in [4.69, 9.17) is 5.73 Å². The molecule has 1 unspecified atom stereocenters. The van der Waals surface area contributed by atoms with Crippen LogP contribution in [0.5, 0.6) is 5.75 Å². The molecule has 0 aliphatic carbocycles. The third-order valence-electron chi connectivity index (χ3n) is 3.23. The first kappa shape index (κ1) is 10.5. The monoisotopic (exact) mass is 206 g/mol. The second-order valence-corrected chi connectivity index (χ2v) is 4.17. The Morgan fingerprint density at radius 3 is 2.80 bits per heavy atom. The number of para-hydroxylation sites is 1. The van der Waals surface area contributed by atoms with Gasteiger partial charge in [-0.25, -0.2) is 0 Å².